The molecule has 0 aliphatic rings. The van der Waals surface area contributed by atoms with Crippen LogP contribution in [0.5, 0.6) is 0 Å². The first-order chi connectivity index (χ1) is 5.27. The average Bonchev–Trinajstić information content (AvgIpc) is 2.31. The van der Waals surface area contributed by atoms with E-state index in [0.717, 1.165) is 0 Å². The van der Waals surface area contributed by atoms with E-state index in [1.165, 1.54) is 0 Å². The SMILES string of the molecule is [2H]c1cccc2oc(C)nc12. The zero-order valence-corrected chi connectivity index (χ0v) is 5.59. The standard InChI is InChI=1S/C8H7NO/c1-6-9-7-4-2-3-5-8(7)10-6/h2-5H,1H3/i4D. The van der Waals surface area contributed by atoms with Crippen molar-refractivity contribution in [3.05, 3.63) is 30.1 Å². The van der Waals surface area contributed by atoms with E-state index >= 15 is 0 Å². The Bertz CT molecular complexity index is 394. The summed E-state index contributed by atoms with van der Waals surface area (Å²) in [6.07, 6.45) is 0. The third-order valence-electron chi connectivity index (χ3n) is 1.32. The predicted molar refractivity (Wildman–Crippen MR) is 38.7 cm³/mol. The van der Waals surface area contributed by atoms with Crippen LogP contribution in [-0.4, -0.2) is 4.98 Å². The summed E-state index contributed by atoms with van der Waals surface area (Å²) in [7, 11) is 0. The van der Waals surface area contributed by atoms with Gasteiger partial charge in [-0.05, 0) is 12.1 Å². The number of hydrogen-bond donors (Lipinski definition) is 0. The lowest BCUT2D eigenvalue weighted by Crippen LogP contribution is -1.65. The Hall–Kier alpha value is -1.31. The van der Waals surface area contributed by atoms with E-state index in [4.69, 9.17) is 5.79 Å². The van der Waals surface area contributed by atoms with Gasteiger partial charge >= 0.3 is 0 Å². The highest BCUT2D eigenvalue weighted by atomic mass is 16.3. The van der Waals surface area contributed by atoms with E-state index in [1.54, 1.807) is 19.1 Å². The molecule has 0 bridgehead atoms. The van der Waals surface area contributed by atoms with Gasteiger partial charge in [0.05, 0.1) is 1.37 Å². The quantitative estimate of drug-likeness (QED) is 0.551. The van der Waals surface area contributed by atoms with Gasteiger partial charge in [-0.2, -0.15) is 0 Å². The summed E-state index contributed by atoms with van der Waals surface area (Å²) in [6.45, 7) is 1.78. The average molecular weight is 134 g/mol. The van der Waals surface area contributed by atoms with Gasteiger partial charge < -0.3 is 4.42 Å². The summed E-state index contributed by atoms with van der Waals surface area (Å²) < 4.78 is 12.7. The van der Waals surface area contributed by atoms with Gasteiger partial charge in [0.1, 0.15) is 5.52 Å². The van der Waals surface area contributed by atoms with Crippen LogP contribution in [0.15, 0.2) is 28.7 Å². The van der Waals surface area contributed by atoms with E-state index in [2.05, 4.69) is 4.98 Å². The molecule has 1 aromatic carbocycles. The van der Waals surface area contributed by atoms with Gasteiger partial charge in [-0.1, -0.05) is 12.1 Å². The minimum absolute atomic E-state index is 0.416. The molecule has 0 aliphatic carbocycles. The van der Waals surface area contributed by atoms with Gasteiger partial charge in [-0.25, -0.2) is 4.98 Å². The van der Waals surface area contributed by atoms with Gasteiger partial charge in [0.25, 0.3) is 0 Å². The monoisotopic (exact) mass is 134 g/mol. The third kappa shape index (κ3) is 0.692. The molecule has 1 heterocycles. The summed E-state index contributed by atoms with van der Waals surface area (Å²) in [4.78, 5) is 4.06. The highest BCUT2D eigenvalue weighted by Gasteiger charge is 1.97. The van der Waals surface area contributed by atoms with Crippen molar-refractivity contribution in [3.8, 4) is 0 Å². The number of para-hydroxylation sites is 2. The van der Waals surface area contributed by atoms with Crippen LogP contribution in [0.1, 0.15) is 7.26 Å². The number of rotatable bonds is 0. The smallest absolute Gasteiger partial charge is 0.192 e. The van der Waals surface area contributed by atoms with Crippen LogP contribution in [-0.2, 0) is 0 Å². The maximum atomic E-state index is 7.45. The van der Waals surface area contributed by atoms with Gasteiger partial charge in [0.2, 0.25) is 0 Å². The molecule has 0 amide bonds. The van der Waals surface area contributed by atoms with Gasteiger partial charge in [-0.15, -0.1) is 0 Å². The molecule has 0 radical (unpaired) electrons. The molecule has 2 rings (SSSR count). The molecule has 0 saturated heterocycles. The van der Waals surface area contributed by atoms with Crippen LogP contribution >= 0.6 is 0 Å². The van der Waals surface area contributed by atoms with E-state index < -0.39 is 0 Å². The lowest BCUT2D eigenvalue weighted by Gasteiger charge is -1.79. The molecule has 0 spiro atoms. The van der Waals surface area contributed by atoms with Crippen LogP contribution in [0.3, 0.4) is 0 Å². The van der Waals surface area contributed by atoms with Gasteiger partial charge in [0, 0.05) is 6.92 Å². The number of nitrogens with zero attached hydrogens (tertiary/aromatic N) is 1. The topological polar surface area (TPSA) is 26.0 Å². The molecule has 0 fully saturated rings. The van der Waals surface area contributed by atoms with Crippen molar-refractivity contribution in [3.63, 3.8) is 0 Å². The van der Waals surface area contributed by atoms with E-state index in [9.17, 15) is 0 Å². The number of oxazole rings is 1. The second kappa shape index (κ2) is 1.84. The van der Waals surface area contributed by atoms with Crippen LogP contribution < -0.4 is 0 Å². The van der Waals surface area contributed by atoms with Crippen molar-refractivity contribution in [2.75, 3.05) is 0 Å². The van der Waals surface area contributed by atoms with Crippen LogP contribution in [0.2, 0.25) is 0 Å². The van der Waals surface area contributed by atoms with Gasteiger partial charge in [-0.3, -0.25) is 0 Å². The third-order valence-corrected chi connectivity index (χ3v) is 1.32. The van der Waals surface area contributed by atoms with Crippen molar-refractivity contribution in [1.29, 1.82) is 0 Å². The lowest BCUT2D eigenvalue weighted by molar-refractivity contribution is 0.561. The maximum Gasteiger partial charge on any atom is 0.192 e. The lowest BCUT2D eigenvalue weighted by atomic mass is 10.3. The molecule has 2 aromatic rings. The Morgan fingerprint density at radius 1 is 1.60 bits per heavy atom. The largest absolute Gasteiger partial charge is 0.441 e. The molecule has 0 atom stereocenters. The van der Waals surface area contributed by atoms with E-state index in [0.29, 0.717) is 23.0 Å². The van der Waals surface area contributed by atoms with Crippen molar-refractivity contribution < 1.29 is 5.79 Å². The minimum atomic E-state index is 0.416. The highest BCUT2D eigenvalue weighted by molar-refractivity contribution is 5.71. The number of fused-ring (bicyclic) bond motifs is 1. The number of aromatic nitrogens is 1. The fourth-order valence-electron chi connectivity index (χ4n) is 0.922. The Labute approximate surface area is 59.9 Å². The predicted octanol–water partition coefficient (Wildman–Crippen LogP) is 2.14. The second-order valence-electron chi connectivity index (χ2n) is 2.12. The molecule has 50 valence electrons. The molecule has 2 heteroatoms. The zero-order valence-electron chi connectivity index (χ0n) is 6.59. The molecule has 2 nitrogen and oxygen atoms in total. The Kier molecular flexibility index (Phi) is 0.826. The fraction of sp³-hybridized carbons (Fsp3) is 0.125. The molecule has 10 heavy (non-hydrogen) atoms. The number of benzene rings is 1. The Balaban J connectivity index is 2.90. The molecule has 0 saturated carbocycles. The summed E-state index contributed by atoms with van der Waals surface area (Å²) in [5.74, 6) is 0.611. The zero-order chi connectivity index (χ0) is 7.84. The minimum Gasteiger partial charge on any atom is -0.441 e. The Morgan fingerprint density at radius 3 is 3.30 bits per heavy atom. The van der Waals surface area contributed by atoms with Crippen molar-refractivity contribution >= 4 is 11.1 Å². The summed E-state index contributed by atoms with van der Waals surface area (Å²) in [6, 6.07) is 5.71. The molecule has 0 aliphatic heterocycles. The molecular weight excluding hydrogens is 126 g/mol. The normalized spacial score (nSPS) is 11.9. The fourth-order valence-corrected chi connectivity index (χ4v) is 0.922. The molecule has 0 unspecified atom stereocenters. The van der Waals surface area contributed by atoms with Crippen molar-refractivity contribution in [2.45, 2.75) is 6.92 Å². The number of hydrogen-bond acceptors (Lipinski definition) is 2. The summed E-state index contributed by atoms with van der Waals surface area (Å²) in [5, 5.41) is 0. The first-order valence-electron chi connectivity index (χ1n) is 3.60. The second-order valence-corrected chi connectivity index (χ2v) is 2.12. The summed E-state index contributed by atoms with van der Waals surface area (Å²) in [5.41, 5.74) is 1.33. The maximum absolute atomic E-state index is 7.45. The molecule has 1 aromatic heterocycles. The van der Waals surface area contributed by atoms with Crippen molar-refractivity contribution in [2.24, 2.45) is 0 Å². The molecular formula is C8H7NO. The summed E-state index contributed by atoms with van der Waals surface area (Å²) >= 11 is 0. The van der Waals surface area contributed by atoms with E-state index in [-0.39, 0.29) is 0 Å². The van der Waals surface area contributed by atoms with Gasteiger partial charge in [0.15, 0.2) is 11.5 Å². The first kappa shape index (κ1) is 4.50. The Morgan fingerprint density at radius 2 is 2.50 bits per heavy atom. The van der Waals surface area contributed by atoms with Crippen LogP contribution in [0.25, 0.3) is 11.1 Å². The first-order valence-corrected chi connectivity index (χ1v) is 3.10. The molecule has 0 N–H and O–H groups in total. The van der Waals surface area contributed by atoms with Crippen LogP contribution in [0.4, 0.5) is 0 Å². The highest BCUT2D eigenvalue weighted by Crippen LogP contribution is 2.12. The van der Waals surface area contributed by atoms with Crippen molar-refractivity contribution in [1.82, 2.24) is 4.98 Å². The number of aryl methyl sites for hydroxylation is 1. The van der Waals surface area contributed by atoms with Crippen LogP contribution in [0, 0.1) is 6.92 Å². The van der Waals surface area contributed by atoms with E-state index in [1.807, 2.05) is 6.07 Å².